The lowest BCUT2D eigenvalue weighted by Gasteiger charge is -2.29. The molecule has 39 heavy (non-hydrogen) atoms. The molecule has 0 amide bonds. The lowest BCUT2D eigenvalue weighted by Crippen LogP contribution is -2.32. The first-order valence-corrected chi connectivity index (χ1v) is 12.8. The van der Waals surface area contributed by atoms with Crippen molar-refractivity contribution in [3.63, 3.8) is 0 Å². The van der Waals surface area contributed by atoms with Crippen molar-refractivity contribution in [2.75, 3.05) is 22.9 Å². The molecule has 0 spiro atoms. The van der Waals surface area contributed by atoms with Crippen LogP contribution in [0.15, 0.2) is 30.5 Å². The van der Waals surface area contributed by atoms with E-state index in [1.54, 1.807) is 6.20 Å². The summed E-state index contributed by atoms with van der Waals surface area (Å²) in [5.41, 5.74) is -1.27. The molecule has 0 saturated heterocycles. The average Bonchev–Trinajstić information content (AvgIpc) is 3.53. The third-order valence-electron chi connectivity index (χ3n) is 6.88. The number of alkyl halides is 6. The minimum absolute atomic E-state index is 0.0785. The van der Waals surface area contributed by atoms with Crippen molar-refractivity contribution in [1.29, 1.82) is 0 Å². The zero-order chi connectivity index (χ0) is 28.4. The van der Waals surface area contributed by atoms with Crippen LogP contribution in [0.5, 0.6) is 0 Å². The number of benzene rings is 1. The number of halogens is 6. The van der Waals surface area contributed by atoms with Crippen LogP contribution in [-0.4, -0.2) is 38.3 Å². The predicted molar refractivity (Wildman–Crippen MR) is 134 cm³/mol. The summed E-state index contributed by atoms with van der Waals surface area (Å²) in [5.74, 6) is 1.35. The van der Waals surface area contributed by atoms with E-state index >= 15 is 0 Å². The number of aromatic nitrogens is 5. The second kappa shape index (κ2) is 11.4. The van der Waals surface area contributed by atoms with Crippen LogP contribution in [0.3, 0.4) is 0 Å². The Hall–Kier alpha value is -3.38. The van der Waals surface area contributed by atoms with Gasteiger partial charge in [0.25, 0.3) is 5.95 Å². The van der Waals surface area contributed by atoms with Gasteiger partial charge in [0, 0.05) is 37.9 Å². The summed E-state index contributed by atoms with van der Waals surface area (Å²) in [4.78, 5) is 9.57. The molecular weight excluding hydrogens is 524 g/mol. The van der Waals surface area contributed by atoms with E-state index in [2.05, 4.69) is 25.3 Å². The minimum Gasteiger partial charge on any atom is -0.356 e. The van der Waals surface area contributed by atoms with Crippen LogP contribution < -0.4 is 9.80 Å². The first-order valence-electron chi connectivity index (χ1n) is 12.8. The van der Waals surface area contributed by atoms with Gasteiger partial charge in [-0.15, -0.1) is 5.10 Å². The number of nitrogens with zero attached hydrogens (tertiary/aromatic N) is 7. The Balaban J connectivity index is 1.72. The second-order valence-corrected chi connectivity index (χ2v) is 10.0. The summed E-state index contributed by atoms with van der Waals surface area (Å²) in [6.07, 6.45) is -3.46. The van der Waals surface area contributed by atoms with Crippen LogP contribution in [0.4, 0.5) is 38.1 Å². The van der Waals surface area contributed by atoms with Gasteiger partial charge < -0.3 is 9.80 Å². The molecular formula is C26H31F6N7. The molecule has 7 nitrogen and oxygen atoms in total. The van der Waals surface area contributed by atoms with Gasteiger partial charge in [-0.2, -0.15) is 31.1 Å². The highest BCUT2D eigenvalue weighted by Crippen LogP contribution is 2.37. The lowest BCUT2D eigenvalue weighted by molar-refractivity contribution is -0.143. The fourth-order valence-corrected chi connectivity index (χ4v) is 5.03. The fraction of sp³-hybridized carbons (Fsp3) is 0.538. The van der Waals surface area contributed by atoms with Gasteiger partial charge in [-0.25, -0.2) is 4.98 Å². The maximum Gasteiger partial charge on any atom is 0.416 e. The number of anilines is 2. The molecule has 3 aromatic rings. The highest BCUT2D eigenvalue weighted by molar-refractivity contribution is 5.50. The van der Waals surface area contributed by atoms with Crippen LogP contribution in [0.2, 0.25) is 0 Å². The molecule has 1 aliphatic carbocycles. The van der Waals surface area contributed by atoms with E-state index in [9.17, 15) is 26.3 Å². The molecule has 1 fully saturated rings. The highest BCUT2D eigenvalue weighted by Gasteiger charge is 2.37. The van der Waals surface area contributed by atoms with Crippen LogP contribution in [0.1, 0.15) is 60.4 Å². The van der Waals surface area contributed by atoms with E-state index in [1.165, 1.54) is 29.6 Å². The molecule has 212 valence electrons. The molecule has 0 atom stereocenters. The summed E-state index contributed by atoms with van der Waals surface area (Å²) in [6.45, 7) is 5.23. The maximum absolute atomic E-state index is 13.5. The highest BCUT2D eigenvalue weighted by atomic mass is 19.4. The minimum atomic E-state index is -4.94. The number of pyridine rings is 1. The second-order valence-electron chi connectivity index (χ2n) is 10.0. The predicted octanol–water partition coefficient (Wildman–Crippen LogP) is 6.17. The third-order valence-corrected chi connectivity index (χ3v) is 6.88. The van der Waals surface area contributed by atoms with Crippen molar-refractivity contribution >= 4 is 11.8 Å². The van der Waals surface area contributed by atoms with Gasteiger partial charge in [0.15, 0.2) is 0 Å². The van der Waals surface area contributed by atoms with Gasteiger partial charge in [0.2, 0.25) is 0 Å². The molecule has 2 heterocycles. The Morgan fingerprint density at radius 2 is 1.56 bits per heavy atom. The van der Waals surface area contributed by atoms with Crippen molar-refractivity contribution in [2.24, 2.45) is 13.0 Å². The lowest BCUT2D eigenvalue weighted by atomic mass is 10.0. The maximum atomic E-state index is 13.5. The van der Waals surface area contributed by atoms with Gasteiger partial charge in [0.05, 0.1) is 18.2 Å². The molecule has 1 aliphatic rings. The number of hydrogen-bond donors (Lipinski definition) is 0. The topological polar surface area (TPSA) is 63.0 Å². The number of aryl methyl sites for hydroxylation is 2. The number of hydrogen-bond acceptors (Lipinski definition) is 6. The zero-order valence-corrected chi connectivity index (χ0v) is 22.0. The summed E-state index contributed by atoms with van der Waals surface area (Å²) < 4.78 is 81.0. The first-order chi connectivity index (χ1) is 18.3. The standard InChI is InChI=1S/C26H31F6N7/c1-4-38(14-18-7-5-6-8-18)23-20(9-17(2)13-33-23)16-39(24-34-36-37(3)35-24)15-19-10-21(25(27,28)29)12-22(11-19)26(30,31)32/h9-13,18H,4-8,14-16H2,1-3H3. The van der Waals surface area contributed by atoms with Crippen molar-refractivity contribution in [3.05, 3.63) is 58.3 Å². The molecule has 1 aromatic carbocycles. The molecule has 0 radical (unpaired) electrons. The fourth-order valence-electron chi connectivity index (χ4n) is 5.03. The molecule has 0 aliphatic heterocycles. The number of rotatable bonds is 9. The third kappa shape index (κ3) is 7.18. The van der Waals surface area contributed by atoms with Crippen LogP contribution in [-0.2, 0) is 32.5 Å². The SMILES string of the molecule is CCN(CC1CCCC1)c1ncc(C)cc1CN(Cc1cc(C(F)(F)F)cc(C(F)(F)F)c1)c1nnn(C)n1. The molecule has 0 unspecified atom stereocenters. The summed E-state index contributed by atoms with van der Waals surface area (Å²) >= 11 is 0. The Morgan fingerprint density at radius 1 is 0.923 bits per heavy atom. The van der Waals surface area contributed by atoms with E-state index in [4.69, 9.17) is 0 Å². The van der Waals surface area contributed by atoms with Crippen molar-refractivity contribution in [3.8, 4) is 0 Å². The Labute approximate surface area is 222 Å². The van der Waals surface area contributed by atoms with E-state index in [0.717, 1.165) is 48.5 Å². The van der Waals surface area contributed by atoms with E-state index in [1.807, 2.05) is 19.9 Å². The summed E-state index contributed by atoms with van der Waals surface area (Å²) in [7, 11) is 1.53. The van der Waals surface area contributed by atoms with Crippen LogP contribution >= 0.6 is 0 Å². The number of tetrazole rings is 1. The van der Waals surface area contributed by atoms with Gasteiger partial charge in [-0.05, 0) is 73.2 Å². The van der Waals surface area contributed by atoms with Crippen LogP contribution in [0, 0.1) is 12.8 Å². The van der Waals surface area contributed by atoms with Gasteiger partial charge in [0.1, 0.15) is 5.82 Å². The van der Waals surface area contributed by atoms with Crippen molar-refractivity contribution in [2.45, 2.75) is 65.0 Å². The van der Waals surface area contributed by atoms with Gasteiger partial charge in [-0.1, -0.05) is 17.9 Å². The van der Waals surface area contributed by atoms with Crippen LogP contribution in [0.25, 0.3) is 0 Å². The van der Waals surface area contributed by atoms with E-state index in [0.29, 0.717) is 12.5 Å². The Bertz CT molecular complexity index is 1230. The molecule has 0 N–H and O–H groups in total. The molecule has 1 saturated carbocycles. The monoisotopic (exact) mass is 555 g/mol. The Kier molecular flexibility index (Phi) is 8.36. The summed E-state index contributed by atoms with van der Waals surface area (Å²) in [5, 5.41) is 12.0. The average molecular weight is 556 g/mol. The normalized spacial score (nSPS) is 14.7. The molecule has 2 aromatic heterocycles. The molecule has 13 heteroatoms. The first kappa shape index (κ1) is 28.6. The van der Waals surface area contributed by atoms with E-state index < -0.39 is 23.5 Å². The van der Waals surface area contributed by atoms with Gasteiger partial charge >= 0.3 is 12.4 Å². The van der Waals surface area contributed by atoms with E-state index in [-0.39, 0.29) is 30.7 Å². The molecule has 4 rings (SSSR count). The largest absolute Gasteiger partial charge is 0.416 e. The quantitative estimate of drug-likeness (QED) is 0.294. The van der Waals surface area contributed by atoms with Gasteiger partial charge in [-0.3, -0.25) is 0 Å². The van der Waals surface area contributed by atoms with Crippen molar-refractivity contribution < 1.29 is 26.3 Å². The smallest absolute Gasteiger partial charge is 0.356 e. The summed E-state index contributed by atoms with van der Waals surface area (Å²) in [6, 6.07) is 3.51. The Morgan fingerprint density at radius 3 is 2.10 bits per heavy atom. The zero-order valence-electron chi connectivity index (χ0n) is 22.0. The molecule has 0 bridgehead atoms. The van der Waals surface area contributed by atoms with Crippen molar-refractivity contribution in [1.82, 2.24) is 25.2 Å².